The van der Waals surface area contributed by atoms with Gasteiger partial charge in [0.1, 0.15) is 0 Å². The monoisotopic (exact) mass is 301 g/mol. The number of piperidine rings is 1. The number of rotatable bonds is 3. The molecule has 3 heteroatoms. The molecule has 1 atom stereocenters. The molecule has 0 radical (unpaired) electrons. The van der Waals surface area contributed by atoms with Crippen molar-refractivity contribution in [3.05, 3.63) is 34.3 Å². The van der Waals surface area contributed by atoms with Gasteiger partial charge in [-0.05, 0) is 43.0 Å². The summed E-state index contributed by atoms with van der Waals surface area (Å²) in [5.41, 5.74) is 1.39. The van der Waals surface area contributed by atoms with Crippen LogP contribution in [0.5, 0.6) is 0 Å². The molecule has 1 fully saturated rings. The quantitative estimate of drug-likeness (QED) is 0.766. The molecule has 0 aromatic heterocycles. The van der Waals surface area contributed by atoms with Crippen molar-refractivity contribution in [2.45, 2.75) is 19.4 Å². The smallest absolute Gasteiger partial charge is 0.0263 e. The summed E-state index contributed by atoms with van der Waals surface area (Å²) in [6.45, 7) is 3.42. The minimum atomic E-state index is 0.686. The molecule has 0 spiro atoms. The van der Waals surface area contributed by atoms with Crippen molar-refractivity contribution in [1.82, 2.24) is 4.90 Å². The maximum Gasteiger partial charge on any atom is 0.0263 e. The summed E-state index contributed by atoms with van der Waals surface area (Å²) < 4.78 is 1.15. The first-order valence-electron chi connectivity index (χ1n) is 5.80. The predicted molar refractivity (Wildman–Crippen MR) is 72.9 cm³/mol. The van der Waals surface area contributed by atoms with Gasteiger partial charge >= 0.3 is 0 Å². The van der Waals surface area contributed by atoms with E-state index in [1.807, 2.05) is 0 Å². The Bertz CT molecular complexity index is 325. The molecule has 0 saturated carbocycles. The normalized spacial score (nSPS) is 22.2. The maximum absolute atomic E-state index is 5.94. The van der Waals surface area contributed by atoms with Gasteiger partial charge in [-0.2, -0.15) is 0 Å². The zero-order valence-electron chi connectivity index (χ0n) is 9.33. The van der Waals surface area contributed by atoms with Crippen LogP contribution in [0.25, 0.3) is 0 Å². The van der Waals surface area contributed by atoms with E-state index in [4.69, 9.17) is 11.6 Å². The lowest BCUT2D eigenvalue weighted by atomic mass is 9.99. The fraction of sp³-hybridized carbons (Fsp3) is 0.538. The van der Waals surface area contributed by atoms with Crippen LogP contribution in [0.4, 0.5) is 0 Å². The Labute approximate surface area is 111 Å². The van der Waals surface area contributed by atoms with Crippen LogP contribution < -0.4 is 0 Å². The van der Waals surface area contributed by atoms with Gasteiger partial charge in [-0.25, -0.2) is 0 Å². The molecule has 1 aromatic carbocycles. The average Bonchev–Trinajstić information content (AvgIpc) is 2.32. The fourth-order valence-corrected chi connectivity index (χ4v) is 2.79. The summed E-state index contributed by atoms with van der Waals surface area (Å²) in [7, 11) is 0. The summed E-state index contributed by atoms with van der Waals surface area (Å²) in [6, 6.07) is 8.60. The van der Waals surface area contributed by atoms with Crippen molar-refractivity contribution in [1.29, 1.82) is 0 Å². The molecule has 1 aliphatic rings. The van der Waals surface area contributed by atoms with Crippen LogP contribution in [0.2, 0.25) is 0 Å². The molecular formula is C13H17BrClN. The molecule has 0 bridgehead atoms. The Balaban J connectivity index is 1.91. The second kappa shape index (κ2) is 6.04. The number of alkyl halides is 1. The number of hydrogen-bond donors (Lipinski definition) is 0. The van der Waals surface area contributed by atoms with E-state index in [1.54, 1.807) is 0 Å². The Morgan fingerprint density at radius 3 is 2.75 bits per heavy atom. The zero-order valence-corrected chi connectivity index (χ0v) is 11.7. The van der Waals surface area contributed by atoms with Gasteiger partial charge in [-0.15, -0.1) is 11.6 Å². The number of halogens is 2. The maximum atomic E-state index is 5.94. The summed E-state index contributed by atoms with van der Waals surface area (Å²) in [4.78, 5) is 2.51. The van der Waals surface area contributed by atoms with Crippen LogP contribution >= 0.6 is 27.5 Å². The average molecular weight is 303 g/mol. The summed E-state index contributed by atoms with van der Waals surface area (Å²) in [5.74, 6) is 1.49. The van der Waals surface area contributed by atoms with E-state index in [9.17, 15) is 0 Å². The van der Waals surface area contributed by atoms with Gasteiger partial charge in [-0.3, -0.25) is 4.90 Å². The molecule has 1 aromatic rings. The van der Waals surface area contributed by atoms with Crippen molar-refractivity contribution in [3.63, 3.8) is 0 Å². The van der Waals surface area contributed by atoms with E-state index in [2.05, 4.69) is 45.1 Å². The van der Waals surface area contributed by atoms with Crippen molar-refractivity contribution in [2.24, 2.45) is 5.92 Å². The highest BCUT2D eigenvalue weighted by Gasteiger charge is 2.18. The van der Waals surface area contributed by atoms with E-state index in [0.29, 0.717) is 5.92 Å². The second-order valence-corrected chi connectivity index (χ2v) is 5.75. The molecule has 16 heavy (non-hydrogen) atoms. The first-order valence-corrected chi connectivity index (χ1v) is 7.13. The van der Waals surface area contributed by atoms with Gasteiger partial charge < -0.3 is 0 Å². The van der Waals surface area contributed by atoms with E-state index in [1.165, 1.54) is 24.9 Å². The van der Waals surface area contributed by atoms with E-state index in [-0.39, 0.29) is 0 Å². The highest BCUT2D eigenvalue weighted by atomic mass is 79.9. The van der Waals surface area contributed by atoms with Gasteiger partial charge in [0, 0.05) is 23.4 Å². The molecule has 1 nitrogen and oxygen atoms in total. The van der Waals surface area contributed by atoms with Gasteiger partial charge in [0.2, 0.25) is 0 Å². The number of likely N-dealkylation sites (tertiary alicyclic amines) is 1. The molecule has 1 unspecified atom stereocenters. The largest absolute Gasteiger partial charge is 0.299 e. The molecule has 2 rings (SSSR count). The van der Waals surface area contributed by atoms with Gasteiger partial charge in [0.25, 0.3) is 0 Å². The number of nitrogens with zero attached hydrogens (tertiary/aromatic N) is 1. The molecule has 0 aliphatic carbocycles. The summed E-state index contributed by atoms with van der Waals surface area (Å²) in [6.07, 6.45) is 2.58. The van der Waals surface area contributed by atoms with Gasteiger partial charge in [0.05, 0.1) is 0 Å². The zero-order chi connectivity index (χ0) is 11.4. The molecule has 1 heterocycles. The highest BCUT2D eigenvalue weighted by molar-refractivity contribution is 9.10. The Morgan fingerprint density at radius 1 is 1.31 bits per heavy atom. The lowest BCUT2D eigenvalue weighted by molar-refractivity contribution is 0.178. The Kier molecular flexibility index (Phi) is 4.68. The molecule has 1 saturated heterocycles. The summed E-state index contributed by atoms with van der Waals surface area (Å²) >= 11 is 9.40. The highest BCUT2D eigenvalue weighted by Crippen LogP contribution is 2.20. The van der Waals surface area contributed by atoms with Crippen LogP contribution in [0, 0.1) is 5.92 Å². The van der Waals surface area contributed by atoms with Crippen molar-refractivity contribution < 1.29 is 0 Å². The van der Waals surface area contributed by atoms with E-state index in [0.717, 1.165) is 23.4 Å². The van der Waals surface area contributed by atoms with Crippen molar-refractivity contribution >= 4 is 27.5 Å². The standard InChI is InChI=1S/C13H17BrClN/c14-13-5-3-11(4-6-13)9-16-7-1-2-12(8-15)10-16/h3-6,12H,1-2,7-10H2. The molecule has 1 aliphatic heterocycles. The van der Waals surface area contributed by atoms with Crippen molar-refractivity contribution in [2.75, 3.05) is 19.0 Å². The number of hydrogen-bond acceptors (Lipinski definition) is 1. The lowest BCUT2D eigenvalue weighted by Crippen LogP contribution is -2.35. The topological polar surface area (TPSA) is 3.24 Å². The minimum absolute atomic E-state index is 0.686. The van der Waals surface area contributed by atoms with E-state index < -0.39 is 0 Å². The lowest BCUT2D eigenvalue weighted by Gasteiger charge is -2.31. The molecular weight excluding hydrogens is 286 g/mol. The molecule has 88 valence electrons. The van der Waals surface area contributed by atoms with Crippen LogP contribution in [0.1, 0.15) is 18.4 Å². The third-order valence-corrected chi connectivity index (χ3v) is 4.11. The van der Waals surface area contributed by atoms with Gasteiger partial charge in [0.15, 0.2) is 0 Å². The van der Waals surface area contributed by atoms with Crippen LogP contribution in [-0.4, -0.2) is 23.9 Å². The van der Waals surface area contributed by atoms with E-state index >= 15 is 0 Å². The van der Waals surface area contributed by atoms with Crippen LogP contribution in [0.3, 0.4) is 0 Å². The SMILES string of the molecule is ClCC1CCCN(Cc2ccc(Br)cc2)C1. The molecule has 0 N–H and O–H groups in total. The first-order chi connectivity index (χ1) is 7.78. The molecule has 0 amide bonds. The van der Waals surface area contributed by atoms with Crippen molar-refractivity contribution in [3.8, 4) is 0 Å². The van der Waals surface area contributed by atoms with Crippen LogP contribution in [-0.2, 0) is 6.54 Å². The number of benzene rings is 1. The van der Waals surface area contributed by atoms with Gasteiger partial charge in [-0.1, -0.05) is 28.1 Å². The Morgan fingerprint density at radius 2 is 2.06 bits per heavy atom. The fourth-order valence-electron chi connectivity index (χ4n) is 2.27. The first kappa shape index (κ1) is 12.4. The third-order valence-electron chi connectivity index (χ3n) is 3.14. The van der Waals surface area contributed by atoms with Crippen LogP contribution in [0.15, 0.2) is 28.7 Å². The Hall–Kier alpha value is -0.0500. The second-order valence-electron chi connectivity index (χ2n) is 4.52. The third kappa shape index (κ3) is 3.47. The minimum Gasteiger partial charge on any atom is -0.299 e. The summed E-state index contributed by atoms with van der Waals surface area (Å²) in [5, 5.41) is 0. The predicted octanol–water partition coefficient (Wildman–Crippen LogP) is 3.90.